The number of piperidine rings is 1. The molecule has 0 spiro atoms. The molecule has 0 aromatic heterocycles. The topological polar surface area (TPSA) is 79.0 Å². The monoisotopic (exact) mass is 457 g/mol. The SMILES string of the molecule is COc1ccc(S(=O)(=O)N(CC(=O)NC2CCN(C)CC2)C2CCCCC2)cc1Cl. The van der Waals surface area contributed by atoms with Crippen molar-refractivity contribution in [1.29, 1.82) is 0 Å². The van der Waals surface area contributed by atoms with Crippen LogP contribution in [0.3, 0.4) is 0 Å². The molecule has 0 bridgehead atoms. The van der Waals surface area contributed by atoms with E-state index in [2.05, 4.69) is 17.3 Å². The molecule has 2 fully saturated rings. The highest BCUT2D eigenvalue weighted by atomic mass is 35.5. The van der Waals surface area contributed by atoms with Gasteiger partial charge >= 0.3 is 0 Å². The highest BCUT2D eigenvalue weighted by molar-refractivity contribution is 7.89. The first kappa shape index (κ1) is 23.3. The molecule has 1 amide bonds. The van der Waals surface area contributed by atoms with Crippen LogP contribution in [0.1, 0.15) is 44.9 Å². The molecule has 30 heavy (non-hydrogen) atoms. The van der Waals surface area contributed by atoms with Crippen LogP contribution in [0.15, 0.2) is 23.1 Å². The number of sulfonamides is 1. The van der Waals surface area contributed by atoms with E-state index in [9.17, 15) is 13.2 Å². The first-order valence-electron chi connectivity index (χ1n) is 10.6. The molecule has 1 aromatic carbocycles. The minimum absolute atomic E-state index is 0.0889. The first-order chi connectivity index (χ1) is 14.3. The summed E-state index contributed by atoms with van der Waals surface area (Å²) in [6, 6.07) is 4.37. The molecule has 7 nitrogen and oxygen atoms in total. The predicted octanol–water partition coefficient (Wildman–Crippen LogP) is 2.88. The zero-order valence-corrected chi connectivity index (χ0v) is 19.3. The number of carbonyl (C=O) groups excluding carboxylic acids is 1. The maximum absolute atomic E-state index is 13.5. The van der Waals surface area contributed by atoms with E-state index in [0.717, 1.165) is 58.0 Å². The van der Waals surface area contributed by atoms with E-state index in [1.165, 1.54) is 23.5 Å². The average Bonchev–Trinajstić information content (AvgIpc) is 2.74. The summed E-state index contributed by atoms with van der Waals surface area (Å²) >= 11 is 6.18. The number of carbonyl (C=O) groups is 1. The third-order valence-corrected chi connectivity index (χ3v) is 8.28. The van der Waals surface area contributed by atoms with Gasteiger partial charge in [0.25, 0.3) is 0 Å². The fourth-order valence-electron chi connectivity index (χ4n) is 4.29. The van der Waals surface area contributed by atoms with Crippen LogP contribution in [0.25, 0.3) is 0 Å². The number of ether oxygens (including phenoxy) is 1. The van der Waals surface area contributed by atoms with Gasteiger partial charge in [0.1, 0.15) is 5.75 Å². The molecule has 0 atom stereocenters. The van der Waals surface area contributed by atoms with Gasteiger partial charge in [-0.25, -0.2) is 8.42 Å². The standard InChI is InChI=1S/C21H32ClN3O4S/c1-24-12-10-16(11-13-24)23-21(26)15-25(17-6-4-3-5-7-17)30(27,28)18-8-9-20(29-2)19(22)14-18/h8-9,14,16-17H,3-7,10-13,15H2,1-2H3,(H,23,26). The first-order valence-corrected chi connectivity index (χ1v) is 12.5. The normalized spacial score (nSPS) is 19.7. The number of hydrogen-bond acceptors (Lipinski definition) is 5. The molecule has 1 N–H and O–H groups in total. The van der Waals surface area contributed by atoms with Crippen LogP contribution in [0.5, 0.6) is 5.75 Å². The fraction of sp³-hybridized carbons (Fsp3) is 0.667. The maximum Gasteiger partial charge on any atom is 0.243 e. The van der Waals surface area contributed by atoms with Crippen LogP contribution in [0, 0.1) is 0 Å². The van der Waals surface area contributed by atoms with Gasteiger partial charge in [-0.15, -0.1) is 0 Å². The van der Waals surface area contributed by atoms with Gasteiger partial charge in [0.15, 0.2) is 0 Å². The van der Waals surface area contributed by atoms with Gasteiger partial charge in [-0.3, -0.25) is 4.79 Å². The molecule has 1 heterocycles. The molecule has 0 unspecified atom stereocenters. The van der Waals surface area contributed by atoms with Crippen molar-refractivity contribution in [3.05, 3.63) is 23.2 Å². The van der Waals surface area contributed by atoms with Crippen LogP contribution in [0.2, 0.25) is 5.02 Å². The van der Waals surface area contributed by atoms with Crippen LogP contribution >= 0.6 is 11.6 Å². The van der Waals surface area contributed by atoms with E-state index in [1.807, 2.05) is 0 Å². The van der Waals surface area contributed by atoms with Crippen molar-refractivity contribution < 1.29 is 17.9 Å². The number of rotatable bonds is 7. The van der Waals surface area contributed by atoms with Crippen LogP contribution in [0.4, 0.5) is 0 Å². The van der Waals surface area contributed by atoms with Gasteiger partial charge < -0.3 is 15.0 Å². The molecule has 168 valence electrons. The molecule has 1 saturated heterocycles. The fourth-order valence-corrected chi connectivity index (χ4v) is 6.28. The van der Waals surface area contributed by atoms with E-state index in [0.29, 0.717) is 5.75 Å². The molecule has 9 heteroatoms. The third-order valence-electron chi connectivity index (χ3n) is 6.09. The Labute approximate surface area is 184 Å². The summed E-state index contributed by atoms with van der Waals surface area (Å²) < 4.78 is 33.5. The Balaban J connectivity index is 1.79. The van der Waals surface area contributed by atoms with Gasteiger partial charge in [0, 0.05) is 12.1 Å². The lowest BCUT2D eigenvalue weighted by Gasteiger charge is -2.34. The maximum atomic E-state index is 13.5. The van der Waals surface area contributed by atoms with Crippen molar-refractivity contribution in [3.63, 3.8) is 0 Å². The molecule has 1 aromatic rings. The number of benzene rings is 1. The van der Waals surface area contributed by atoms with E-state index < -0.39 is 10.0 Å². The Morgan fingerprint density at radius 2 is 1.87 bits per heavy atom. The second kappa shape index (κ2) is 10.3. The zero-order valence-electron chi connectivity index (χ0n) is 17.8. The van der Waals surface area contributed by atoms with Crippen molar-refractivity contribution in [2.45, 2.75) is 61.9 Å². The van der Waals surface area contributed by atoms with E-state index in [1.54, 1.807) is 6.07 Å². The molecule has 2 aliphatic rings. The molecule has 0 radical (unpaired) electrons. The van der Waals surface area contributed by atoms with Crippen molar-refractivity contribution in [2.75, 3.05) is 33.8 Å². The number of nitrogens with zero attached hydrogens (tertiary/aromatic N) is 2. The number of halogens is 1. The number of amides is 1. The van der Waals surface area contributed by atoms with Gasteiger partial charge in [-0.1, -0.05) is 30.9 Å². The smallest absolute Gasteiger partial charge is 0.243 e. The molecular formula is C21H32ClN3O4S. The summed E-state index contributed by atoms with van der Waals surface area (Å²) in [5.74, 6) is 0.179. The predicted molar refractivity (Wildman–Crippen MR) is 117 cm³/mol. The Hall–Kier alpha value is -1.35. The van der Waals surface area contributed by atoms with Crippen molar-refractivity contribution in [3.8, 4) is 5.75 Å². The van der Waals surface area contributed by atoms with Gasteiger partial charge in [-0.2, -0.15) is 4.31 Å². The Morgan fingerprint density at radius 3 is 2.47 bits per heavy atom. The summed E-state index contributed by atoms with van der Waals surface area (Å²) in [6.07, 6.45) is 6.34. The number of hydrogen-bond donors (Lipinski definition) is 1. The summed E-state index contributed by atoms with van der Waals surface area (Å²) in [5.41, 5.74) is 0. The summed E-state index contributed by atoms with van der Waals surface area (Å²) in [7, 11) is -0.320. The van der Waals surface area contributed by atoms with E-state index >= 15 is 0 Å². The van der Waals surface area contributed by atoms with Crippen molar-refractivity contribution >= 4 is 27.5 Å². The quantitative estimate of drug-likeness (QED) is 0.681. The lowest BCUT2D eigenvalue weighted by atomic mass is 9.95. The van der Waals surface area contributed by atoms with Gasteiger partial charge in [-0.05, 0) is 64.0 Å². The number of nitrogens with one attached hydrogen (secondary N) is 1. The van der Waals surface area contributed by atoms with Gasteiger partial charge in [0.2, 0.25) is 15.9 Å². The molecular weight excluding hydrogens is 426 g/mol. The van der Waals surface area contributed by atoms with Crippen LogP contribution in [-0.2, 0) is 14.8 Å². The van der Waals surface area contributed by atoms with Crippen molar-refractivity contribution in [1.82, 2.24) is 14.5 Å². The molecule has 1 saturated carbocycles. The van der Waals surface area contributed by atoms with Crippen LogP contribution < -0.4 is 10.1 Å². The Morgan fingerprint density at radius 1 is 1.20 bits per heavy atom. The number of likely N-dealkylation sites (tertiary alicyclic amines) is 1. The summed E-state index contributed by atoms with van der Waals surface area (Å²) in [5, 5.41) is 3.28. The second-order valence-corrected chi connectivity index (χ2v) is 10.6. The second-order valence-electron chi connectivity index (χ2n) is 8.28. The number of methoxy groups -OCH3 is 1. The van der Waals surface area contributed by atoms with E-state index in [4.69, 9.17) is 16.3 Å². The molecule has 3 rings (SSSR count). The Kier molecular flexibility index (Phi) is 8.01. The van der Waals surface area contributed by atoms with Gasteiger partial charge in [0.05, 0.1) is 23.6 Å². The van der Waals surface area contributed by atoms with Crippen LogP contribution in [-0.4, -0.2) is 69.4 Å². The highest BCUT2D eigenvalue weighted by Gasteiger charge is 2.35. The van der Waals surface area contributed by atoms with E-state index in [-0.39, 0.29) is 34.5 Å². The zero-order chi connectivity index (χ0) is 21.7. The molecule has 1 aliphatic heterocycles. The average molecular weight is 458 g/mol. The summed E-state index contributed by atoms with van der Waals surface area (Å²) in [6.45, 7) is 1.70. The summed E-state index contributed by atoms with van der Waals surface area (Å²) in [4.78, 5) is 15.1. The Bertz CT molecular complexity index is 835. The lowest BCUT2D eigenvalue weighted by molar-refractivity contribution is -0.122. The largest absolute Gasteiger partial charge is 0.495 e. The minimum Gasteiger partial charge on any atom is -0.495 e. The third kappa shape index (κ3) is 5.66. The highest BCUT2D eigenvalue weighted by Crippen LogP contribution is 2.31. The molecule has 1 aliphatic carbocycles. The van der Waals surface area contributed by atoms with Crippen molar-refractivity contribution in [2.24, 2.45) is 0 Å². The minimum atomic E-state index is -3.87. The lowest BCUT2D eigenvalue weighted by Crippen LogP contribution is -2.50.